The van der Waals surface area contributed by atoms with E-state index in [9.17, 15) is 9.59 Å². The molecular weight excluding hydrogens is 254 g/mol. The van der Waals surface area contributed by atoms with Crippen molar-refractivity contribution in [3.05, 3.63) is 34.9 Å². The molecule has 2 unspecified atom stereocenters. The summed E-state index contributed by atoms with van der Waals surface area (Å²) in [6, 6.07) is 5.82. The summed E-state index contributed by atoms with van der Waals surface area (Å²) in [5.41, 5.74) is 3.22. The number of benzene rings is 1. The molecule has 0 heterocycles. The number of hydrogen-bond acceptors (Lipinski definition) is 2. The average molecular weight is 275 g/mol. The molecule has 2 N–H and O–H groups in total. The highest BCUT2D eigenvalue weighted by Crippen LogP contribution is 2.26. The van der Waals surface area contributed by atoms with Crippen LogP contribution in [0.4, 0.5) is 0 Å². The van der Waals surface area contributed by atoms with E-state index in [0.29, 0.717) is 12.8 Å². The van der Waals surface area contributed by atoms with Crippen LogP contribution >= 0.6 is 0 Å². The summed E-state index contributed by atoms with van der Waals surface area (Å²) < 4.78 is 0. The van der Waals surface area contributed by atoms with Crippen molar-refractivity contribution in [2.75, 3.05) is 0 Å². The second kappa shape index (κ2) is 6.07. The normalized spacial score (nSPS) is 21.7. The first kappa shape index (κ1) is 14.6. The number of amides is 1. The standard InChI is InChI=1S/C16H21NO3/c1-10-6-7-11(2)12(8-10)9-15(18)17-14-5-3-4-13(14)16(19)20/h6-8,13-14H,3-5,9H2,1-2H3,(H,17,18)(H,19,20). The molecule has 1 aliphatic rings. The van der Waals surface area contributed by atoms with Crippen LogP contribution < -0.4 is 5.32 Å². The van der Waals surface area contributed by atoms with Crippen LogP contribution in [0.25, 0.3) is 0 Å². The molecule has 1 aromatic carbocycles. The number of rotatable bonds is 4. The monoisotopic (exact) mass is 275 g/mol. The molecule has 108 valence electrons. The van der Waals surface area contributed by atoms with E-state index in [-0.39, 0.29) is 11.9 Å². The maximum atomic E-state index is 12.1. The first-order valence-corrected chi connectivity index (χ1v) is 7.05. The number of aryl methyl sites for hydroxylation is 2. The molecule has 4 nitrogen and oxygen atoms in total. The van der Waals surface area contributed by atoms with Crippen LogP contribution in [-0.2, 0) is 16.0 Å². The van der Waals surface area contributed by atoms with E-state index in [2.05, 4.69) is 5.32 Å². The van der Waals surface area contributed by atoms with Crippen LogP contribution in [0.3, 0.4) is 0 Å². The molecule has 0 aromatic heterocycles. The second-order valence-electron chi connectivity index (χ2n) is 5.66. The number of carbonyl (C=O) groups is 2. The van der Waals surface area contributed by atoms with Gasteiger partial charge in [-0.15, -0.1) is 0 Å². The van der Waals surface area contributed by atoms with E-state index >= 15 is 0 Å². The van der Waals surface area contributed by atoms with Gasteiger partial charge in [0, 0.05) is 6.04 Å². The summed E-state index contributed by atoms with van der Waals surface area (Å²) in [5, 5.41) is 12.0. The van der Waals surface area contributed by atoms with Crippen molar-refractivity contribution >= 4 is 11.9 Å². The van der Waals surface area contributed by atoms with Gasteiger partial charge in [0.25, 0.3) is 0 Å². The third-order valence-corrected chi connectivity index (χ3v) is 4.04. The second-order valence-corrected chi connectivity index (χ2v) is 5.66. The van der Waals surface area contributed by atoms with Gasteiger partial charge in [-0.2, -0.15) is 0 Å². The zero-order valence-electron chi connectivity index (χ0n) is 12.0. The van der Waals surface area contributed by atoms with Crippen molar-refractivity contribution in [3.63, 3.8) is 0 Å². The van der Waals surface area contributed by atoms with Gasteiger partial charge in [0.2, 0.25) is 5.91 Å². The molecule has 2 rings (SSSR count). The Morgan fingerprint density at radius 2 is 2.05 bits per heavy atom. The Labute approximate surface area is 119 Å². The van der Waals surface area contributed by atoms with Gasteiger partial charge in [0.1, 0.15) is 0 Å². The minimum atomic E-state index is -0.806. The van der Waals surface area contributed by atoms with Crippen LogP contribution in [-0.4, -0.2) is 23.0 Å². The van der Waals surface area contributed by atoms with E-state index in [1.807, 2.05) is 32.0 Å². The van der Waals surface area contributed by atoms with E-state index in [4.69, 9.17) is 5.11 Å². The van der Waals surface area contributed by atoms with Crippen molar-refractivity contribution in [2.45, 2.75) is 45.6 Å². The smallest absolute Gasteiger partial charge is 0.308 e. The van der Waals surface area contributed by atoms with Crippen molar-refractivity contribution < 1.29 is 14.7 Å². The number of carboxylic acids is 1. The van der Waals surface area contributed by atoms with Crippen LogP contribution in [0.2, 0.25) is 0 Å². The Hall–Kier alpha value is -1.84. The molecule has 0 bridgehead atoms. The van der Waals surface area contributed by atoms with Crippen molar-refractivity contribution in [1.29, 1.82) is 0 Å². The number of carbonyl (C=O) groups excluding carboxylic acids is 1. The van der Waals surface area contributed by atoms with Gasteiger partial charge in [-0.25, -0.2) is 0 Å². The van der Waals surface area contributed by atoms with Gasteiger partial charge in [-0.05, 0) is 37.8 Å². The third-order valence-electron chi connectivity index (χ3n) is 4.04. The SMILES string of the molecule is Cc1ccc(C)c(CC(=O)NC2CCCC2C(=O)O)c1. The Morgan fingerprint density at radius 3 is 2.75 bits per heavy atom. The van der Waals surface area contributed by atoms with Gasteiger partial charge < -0.3 is 10.4 Å². The van der Waals surface area contributed by atoms with Gasteiger partial charge in [0.05, 0.1) is 12.3 Å². The minimum absolute atomic E-state index is 0.0862. The van der Waals surface area contributed by atoms with Gasteiger partial charge in [-0.1, -0.05) is 30.2 Å². The zero-order chi connectivity index (χ0) is 14.7. The molecule has 0 aliphatic heterocycles. The van der Waals surface area contributed by atoms with E-state index in [1.54, 1.807) is 0 Å². The highest BCUT2D eigenvalue weighted by atomic mass is 16.4. The van der Waals surface area contributed by atoms with Crippen LogP contribution in [0.5, 0.6) is 0 Å². The molecule has 20 heavy (non-hydrogen) atoms. The Balaban J connectivity index is 1.99. The molecule has 1 amide bonds. The minimum Gasteiger partial charge on any atom is -0.481 e. The summed E-state index contributed by atoms with van der Waals surface area (Å²) in [6.45, 7) is 3.98. The Kier molecular flexibility index (Phi) is 4.42. The maximum absolute atomic E-state index is 12.1. The summed E-state index contributed by atoms with van der Waals surface area (Å²) in [7, 11) is 0. The maximum Gasteiger partial charge on any atom is 0.308 e. The molecule has 1 saturated carbocycles. The number of hydrogen-bond donors (Lipinski definition) is 2. The number of aliphatic carboxylic acids is 1. The highest BCUT2D eigenvalue weighted by molar-refractivity contribution is 5.80. The predicted octanol–water partition coefficient (Wildman–Crippen LogP) is 2.22. The quantitative estimate of drug-likeness (QED) is 0.885. The van der Waals surface area contributed by atoms with Crippen LogP contribution in [0.15, 0.2) is 18.2 Å². The van der Waals surface area contributed by atoms with Crippen molar-refractivity contribution in [1.82, 2.24) is 5.32 Å². The van der Waals surface area contributed by atoms with E-state index < -0.39 is 11.9 Å². The fraction of sp³-hybridized carbons (Fsp3) is 0.500. The first-order valence-electron chi connectivity index (χ1n) is 7.05. The zero-order valence-corrected chi connectivity index (χ0v) is 12.0. The highest BCUT2D eigenvalue weighted by Gasteiger charge is 2.33. The lowest BCUT2D eigenvalue weighted by Crippen LogP contribution is -2.40. The van der Waals surface area contributed by atoms with Gasteiger partial charge in [0.15, 0.2) is 0 Å². The Morgan fingerprint density at radius 1 is 1.30 bits per heavy atom. The lowest BCUT2D eigenvalue weighted by Gasteiger charge is -2.18. The first-order chi connectivity index (χ1) is 9.47. The molecular formula is C16H21NO3. The number of nitrogens with one attached hydrogen (secondary N) is 1. The third kappa shape index (κ3) is 3.38. The average Bonchev–Trinajstić information content (AvgIpc) is 2.82. The molecule has 1 fully saturated rings. The molecule has 0 radical (unpaired) electrons. The van der Waals surface area contributed by atoms with Crippen LogP contribution in [0.1, 0.15) is 36.0 Å². The predicted molar refractivity (Wildman–Crippen MR) is 76.5 cm³/mol. The Bertz CT molecular complexity index is 524. The van der Waals surface area contributed by atoms with E-state index in [1.165, 1.54) is 0 Å². The fourth-order valence-corrected chi connectivity index (χ4v) is 2.85. The largest absolute Gasteiger partial charge is 0.481 e. The topological polar surface area (TPSA) is 66.4 Å². The molecule has 0 spiro atoms. The molecule has 2 atom stereocenters. The number of carboxylic acid groups (broad SMARTS) is 1. The summed E-state index contributed by atoms with van der Waals surface area (Å²) >= 11 is 0. The molecule has 1 aromatic rings. The van der Waals surface area contributed by atoms with E-state index in [0.717, 1.165) is 29.5 Å². The molecule has 0 saturated heterocycles. The molecule has 4 heteroatoms. The van der Waals surface area contributed by atoms with Gasteiger partial charge in [-0.3, -0.25) is 9.59 Å². The van der Waals surface area contributed by atoms with Crippen molar-refractivity contribution in [2.24, 2.45) is 5.92 Å². The summed E-state index contributed by atoms with van der Waals surface area (Å²) in [5.74, 6) is -1.33. The lowest BCUT2D eigenvalue weighted by atomic mass is 10.0. The molecule has 1 aliphatic carbocycles. The fourth-order valence-electron chi connectivity index (χ4n) is 2.85. The van der Waals surface area contributed by atoms with Crippen molar-refractivity contribution in [3.8, 4) is 0 Å². The lowest BCUT2D eigenvalue weighted by molar-refractivity contribution is -0.142. The van der Waals surface area contributed by atoms with Crippen LogP contribution in [0, 0.1) is 19.8 Å². The summed E-state index contributed by atoms with van der Waals surface area (Å²) in [6.07, 6.45) is 2.60. The van der Waals surface area contributed by atoms with Gasteiger partial charge >= 0.3 is 5.97 Å². The summed E-state index contributed by atoms with van der Waals surface area (Å²) in [4.78, 5) is 23.2.